The number of amides is 2. The van der Waals surface area contributed by atoms with Crippen LogP contribution in [0, 0.1) is 17.0 Å². The van der Waals surface area contributed by atoms with E-state index in [9.17, 15) is 14.9 Å². The van der Waals surface area contributed by atoms with E-state index in [-0.39, 0.29) is 11.7 Å². The Hall–Kier alpha value is -2.80. The van der Waals surface area contributed by atoms with Gasteiger partial charge in [-0.25, -0.2) is 4.79 Å². The molecule has 2 amide bonds. The lowest BCUT2D eigenvalue weighted by atomic mass is 10.2. The monoisotopic (exact) mass is 374 g/mol. The highest BCUT2D eigenvalue weighted by Crippen LogP contribution is 2.22. The molecule has 0 radical (unpaired) electrons. The second-order valence-electron chi connectivity index (χ2n) is 6.14. The van der Waals surface area contributed by atoms with Crippen molar-refractivity contribution in [3.05, 3.63) is 63.2 Å². The maximum absolute atomic E-state index is 12.4. The van der Waals surface area contributed by atoms with Crippen molar-refractivity contribution in [1.29, 1.82) is 0 Å². The van der Waals surface area contributed by atoms with Crippen LogP contribution in [0.25, 0.3) is 0 Å². The van der Waals surface area contributed by atoms with Crippen molar-refractivity contribution >= 4 is 34.7 Å². The number of anilines is 2. The predicted molar refractivity (Wildman–Crippen MR) is 102 cm³/mol. The molecule has 0 bridgehead atoms. The fourth-order valence-electron chi connectivity index (χ4n) is 2.83. The van der Waals surface area contributed by atoms with Crippen LogP contribution in [0.1, 0.15) is 5.56 Å². The number of hydrogen-bond acceptors (Lipinski definition) is 4. The molecule has 0 saturated carbocycles. The Morgan fingerprint density at radius 2 is 1.77 bits per heavy atom. The smallest absolute Gasteiger partial charge is 0.321 e. The molecule has 0 aliphatic carbocycles. The molecule has 1 saturated heterocycles. The average Bonchev–Trinajstić information content (AvgIpc) is 2.65. The third kappa shape index (κ3) is 4.05. The molecule has 1 aliphatic rings. The zero-order valence-electron chi connectivity index (χ0n) is 14.3. The number of nitro groups is 1. The van der Waals surface area contributed by atoms with Gasteiger partial charge in [-0.15, -0.1) is 0 Å². The topological polar surface area (TPSA) is 78.7 Å². The first-order valence-corrected chi connectivity index (χ1v) is 8.63. The van der Waals surface area contributed by atoms with Crippen LogP contribution < -0.4 is 10.2 Å². The molecule has 1 aliphatic heterocycles. The molecule has 0 atom stereocenters. The van der Waals surface area contributed by atoms with E-state index >= 15 is 0 Å². The Morgan fingerprint density at radius 3 is 2.35 bits per heavy atom. The van der Waals surface area contributed by atoms with E-state index in [1.807, 2.05) is 19.1 Å². The summed E-state index contributed by atoms with van der Waals surface area (Å²) in [7, 11) is 0. The third-order valence-electron chi connectivity index (χ3n) is 4.42. The average molecular weight is 375 g/mol. The highest BCUT2D eigenvalue weighted by molar-refractivity contribution is 6.31. The summed E-state index contributed by atoms with van der Waals surface area (Å²) in [6.07, 6.45) is 0. The van der Waals surface area contributed by atoms with E-state index in [0.717, 1.165) is 11.3 Å². The Labute approximate surface area is 156 Å². The summed E-state index contributed by atoms with van der Waals surface area (Å²) in [5.41, 5.74) is 2.62. The van der Waals surface area contributed by atoms with Gasteiger partial charge in [0, 0.05) is 54.7 Å². The first-order valence-electron chi connectivity index (χ1n) is 8.25. The first kappa shape index (κ1) is 18.0. The standard InChI is InChI=1S/C18H19ClN4O3/c1-13-2-3-14(12-17(13)19)20-18(24)22-10-8-21(9-11-22)15-4-6-16(7-5-15)23(25)26/h2-7,12H,8-11H2,1H3,(H,20,24). The summed E-state index contributed by atoms with van der Waals surface area (Å²) in [6, 6.07) is 11.7. The van der Waals surface area contributed by atoms with Gasteiger partial charge >= 0.3 is 6.03 Å². The van der Waals surface area contributed by atoms with Crippen molar-refractivity contribution in [2.24, 2.45) is 0 Å². The van der Waals surface area contributed by atoms with Crippen LogP contribution in [0.4, 0.5) is 21.9 Å². The van der Waals surface area contributed by atoms with Gasteiger partial charge < -0.3 is 15.1 Å². The number of nitro benzene ring substituents is 1. The summed E-state index contributed by atoms with van der Waals surface area (Å²) >= 11 is 6.09. The molecule has 0 aromatic heterocycles. The second-order valence-corrected chi connectivity index (χ2v) is 6.55. The van der Waals surface area contributed by atoms with Crippen molar-refractivity contribution in [2.75, 3.05) is 36.4 Å². The summed E-state index contributed by atoms with van der Waals surface area (Å²) in [5, 5.41) is 14.2. The van der Waals surface area contributed by atoms with Gasteiger partial charge in [0.1, 0.15) is 0 Å². The van der Waals surface area contributed by atoms with Gasteiger partial charge in [-0.3, -0.25) is 10.1 Å². The van der Waals surface area contributed by atoms with Crippen LogP contribution in [0.3, 0.4) is 0 Å². The molecule has 2 aromatic rings. The predicted octanol–water partition coefficient (Wildman–Crippen LogP) is 3.91. The van der Waals surface area contributed by atoms with Gasteiger partial charge in [-0.2, -0.15) is 0 Å². The minimum absolute atomic E-state index is 0.0727. The molecule has 1 fully saturated rings. The quantitative estimate of drug-likeness (QED) is 0.652. The van der Waals surface area contributed by atoms with Crippen molar-refractivity contribution < 1.29 is 9.72 Å². The highest BCUT2D eigenvalue weighted by Gasteiger charge is 2.21. The summed E-state index contributed by atoms with van der Waals surface area (Å²) in [4.78, 5) is 26.6. The van der Waals surface area contributed by atoms with E-state index in [0.29, 0.717) is 36.9 Å². The lowest BCUT2D eigenvalue weighted by Gasteiger charge is -2.36. The molecule has 3 rings (SSSR count). The zero-order valence-corrected chi connectivity index (χ0v) is 15.1. The van der Waals surface area contributed by atoms with Crippen LogP contribution in [-0.2, 0) is 0 Å². The molecule has 0 unspecified atom stereocenters. The fourth-order valence-corrected chi connectivity index (χ4v) is 3.01. The molecule has 7 nitrogen and oxygen atoms in total. The number of carbonyl (C=O) groups is 1. The van der Waals surface area contributed by atoms with E-state index in [4.69, 9.17) is 11.6 Å². The number of benzene rings is 2. The number of nitrogens with one attached hydrogen (secondary N) is 1. The SMILES string of the molecule is Cc1ccc(NC(=O)N2CCN(c3ccc([N+](=O)[O-])cc3)CC2)cc1Cl. The van der Waals surface area contributed by atoms with Crippen LogP contribution in [-0.4, -0.2) is 42.0 Å². The minimum atomic E-state index is -0.413. The lowest BCUT2D eigenvalue weighted by Crippen LogP contribution is -2.50. The molecule has 0 spiro atoms. The number of halogens is 1. The van der Waals surface area contributed by atoms with Crippen molar-refractivity contribution in [3.8, 4) is 0 Å². The zero-order chi connectivity index (χ0) is 18.7. The van der Waals surface area contributed by atoms with E-state index in [2.05, 4.69) is 10.2 Å². The molecule has 136 valence electrons. The van der Waals surface area contributed by atoms with E-state index in [1.165, 1.54) is 12.1 Å². The molecule has 8 heteroatoms. The summed E-state index contributed by atoms with van der Waals surface area (Å²) in [6.45, 7) is 4.38. The molecular formula is C18H19ClN4O3. The largest absolute Gasteiger partial charge is 0.368 e. The summed E-state index contributed by atoms with van der Waals surface area (Å²) < 4.78 is 0. The molecule has 1 N–H and O–H groups in total. The van der Waals surface area contributed by atoms with Crippen LogP contribution >= 0.6 is 11.6 Å². The van der Waals surface area contributed by atoms with Gasteiger partial charge in [0.15, 0.2) is 0 Å². The van der Waals surface area contributed by atoms with Crippen molar-refractivity contribution in [1.82, 2.24) is 4.90 Å². The molecule has 2 aromatic carbocycles. The van der Waals surface area contributed by atoms with Gasteiger partial charge in [0.25, 0.3) is 5.69 Å². The number of hydrogen-bond donors (Lipinski definition) is 1. The van der Waals surface area contributed by atoms with Crippen LogP contribution in [0.5, 0.6) is 0 Å². The van der Waals surface area contributed by atoms with Crippen LogP contribution in [0.2, 0.25) is 5.02 Å². The minimum Gasteiger partial charge on any atom is -0.368 e. The van der Waals surface area contributed by atoms with E-state index < -0.39 is 4.92 Å². The number of nitrogens with zero attached hydrogens (tertiary/aromatic N) is 3. The second kappa shape index (κ2) is 7.61. The molecule has 26 heavy (non-hydrogen) atoms. The number of non-ortho nitro benzene ring substituents is 1. The Bertz CT molecular complexity index is 818. The Kier molecular flexibility index (Phi) is 5.27. The molecule has 1 heterocycles. The number of carbonyl (C=O) groups excluding carboxylic acids is 1. The highest BCUT2D eigenvalue weighted by atomic mass is 35.5. The number of urea groups is 1. The Morgan fingerprint density at radius 1 is 1.12 bits per heavy atom. The first-order chi connectivity index (χ1) is 12.4. The maximum Gasteiger partial charge on any atom is 0.321 e. The van der Waals surface area contributed by atoms with Crippen LogP contribution in [0.15, 0.2) is 42.5 Å². The summed E-state index contributed by atoms with van der Waals surface area (Å²) in [5.74, 6) is 0. The van der Waals surface area contributed by atoms with Gasteiger partial charge in [-0.05, 0) is 36.8 Å². The third-order valence-corrected chi connectivity index (χ3v) is 4.82. The van der Waals surface area contributed by atoms with Gasteiger partial charge in [-0.1, -0.05) is 17.7 Å². The number of aryl methyl sites for hydroxylation is 1. The van der Waals surface area contributed by atoms with Crippen molar-refractivity contribution in [3.63, 3.8) is 0 Å². The van der Waals surface area contributed by atoms with Crippen molar-refractivity contribution in [2.45, 2.75) is 6.92 Å². The fraction of sp³-hybridized carbons (Fsp3) is 0.278. The van der Waals surface area contributed by atoms with Gasteiger partial charge in [0.2, 0.25) is 0 Å². The Balaban J connectivity index is 1.56. The van der Waals surface area contributed by atoms with Gasteiger partial charge in [0.05, 0.1) is 4.92 Å². The van der Waals surface area contributed by atoms with E-state index in [1.54, 1.807) is 23.1 Å². The number of rotatable bonds is 3. The molecular weight excluding hydrogens is 356 g/mol. The lowest BCUT2D eigenvalue weighted by molar-refractivity contribution is -0.384. The maximum atomic E-state index is 12.4. The number of piperazine rings is 1. The normalized spacial score (nSPS) is 14.2.